The summed E-state index contributed by atoms with van der Waals surface area (Å²) in [7, 11) is 0. The molecule has 28 heavy (non-hydrogen) atoms. The third kappa shape index (κ3) is 6.41. The van der Waals surface area contributed by atoms with Gasteiger partial charge in [0.25, 0.3) is 5.91 Å². The lowest BCUT2D eigenvalue weighted by Gasteiger charge is -2.16. The number of benzene rings is 2. The molecule has 2 aromatic rings. The smallest absolute Gasteiger partial charge is 0.258 e. The Labute approximate surface area is 167 Å². The monoisotopic (exact) mass is 383 g/mol. The van der Waals surface area contributed by atoms with E-state index in [0.29, 0.717) is 29.6 Å². The van der Waals surface area contributed by atoms with E-state index in [1.807, 2.05) is 13.8 Å². The molecule has 5 nitrogen and oxygen atoms in total. The van der Waals surface area contributed by atoms with Gasteiger partial charge in [0.2, 0.25) is 0 Å². The topological polar surface area (TPSA) is 64.6 Å². The predicted octanol–water partition coefficient (Wildman–Crippen LogP) is 4.35. The molecule has 150 valence electrons. The molecule has 2 aromatic carbocycles. The van der Waals surface area contributed by atoms with E-state index in [0.717, 1.165) is 18.3 Å². The van der Waals surface area contributed by atoms with Crippen LogP contribution in [0.2, 0.25) is 0 Å². The minimum Gasteiger partial charge on any atom is -0.490 e. The second kappa shape index (κ2) is 10.5. The number of rotatable bonds is 10. The highest BCUT2D eigenvalue weighted by molar-refractivity contribution is 5.78. The highest BCUT2D eigenvalue weighted by Gasteiger charge is 2.12. The summed E-state index contributed by atoms with van der Waals surface area (Å²) in [5, 5.41) is 2.94. The Morgan fingerprint density at radius 1 is 1.04 bits per heavy atom. The Bertz CT molecular complexity index is 784. The molecule has 0 aliphatic heterocycles. The van der Waals surface area contributed by atoms with Crippen LogP contribution in [0.4, 0.5) is 0 Å². The Morgan fingerprint density at radius 3 is 2.36 bits per heavy atom. The van der Waals surface area contributed by atoms with Crippen molar-refractivity contribution in [2.75, 3.05) is 13.2 Å². The largest absolute Gasteiger partial charge is 0.490 e. The van der Waals surface area contributed by atoms with Crippen molar-refractivity contribution in [3.8, 4) is 11.5 Å². The van der Waals surface area contributed by atoms with E-state index in [2.05, 4.69) is 43.4 Å². The maximum absolute atomic E-state index is 12.3. The van der Waals surface area contributed by atoms with E-state index >= 15 is 0 Å². The average Bonchev–Trinajstić information content (AvgIpc) is 2.67. The zero-order valence-electron chi connectivity index (χ0n) is 17.0. The molecule has 0 aromatic heterocycles. The molecule has 0 bridgehead atoms. The van der Waals surface area contributed by atoms with Gasteiger partial charge in [0.05, 0.1) is 12.6 Å². The summed E-state index contributed by atoms with van der Waals surface area (Å²) in [6.07, 6.45) is 1.78. The predicted molar refractivity (Wildman–Crippen MR) is 110 cm³/mol. The molecule has 0 saturated carbocycles. The number of ether oxygens (including phenoxy) is 2. The molecule has 0 aliphatic carbocycles. The Hall–Kier alpha value is -2.82. The van der Waals surface area contributed by atoms with E-state index in [-0.39, 0.29) is 18.6 Å². The first-order chi connectivity index (χ1) is 13.4. The van der Waals surface area contributed by atoms with Crippen molar-refractivity contribution in [3.05, 3.63) is 59.2 Å². The highest BCUT2D eigenvalue weighted by Crippen LogP contribution is 2.28. The van der Waals surface area contributed by atoms with Crippen LogP contribution in [0, 0.1) is 5.92 Å². The van der Waals surface area contributed by atoms with Crippen LogP contribution in [0.25, 0.3) is 0 Å². The summed E-state index contributed by atoms with van der Waals surface area (Å²) in [5.41, 5.74) is 2.84. The number of nitrogens with one attached hydrogen (secondary N) is 1. The standard InChI is InChI=1S/C23H29NO4/c1-5-27-22-13-19(14-25)8-11-21(22)28-15-23(26)24-17(4)20-9-6-18(7-10-20)12-16(2)3/h6-11,13-14,16-17H,5,12,15H2,1-4H3,(H,24,26)/t17-/m1/s1. The lowest BCUT2D eigenvalue weighted by molar-refractivity contribution is -0.123. The van der Waals surface area contributed by atoms with Gasteiger partial charge in [0, 0.05) is 5.56 Å². The van der Waals surface area contributed by atoms with Crippen LogP contribution in [0.5, 0.6) is 11.5 Å². The first-order valence-electron chi connectivity index (χ1n) is 9.66. The molecule has 5 heteroatoms. The van der Waals surface area contributed by atoms with Crippen LogP contribution in [0.15, 0.2) is 42.5 Å². The average molecular weight is 383 g/mol. The van der Waals surface area contributed by atoms with Gasteiger partial charge in [0.1, 0.15) is 6.29 Å². The van der Waals surface area contributed by atoms with E-state index in [1.54, 1.807) is 18.2 Å². The van der Waals surface area contributed by atoms with Crippen molar-refractivity contribution >= 4 is 12.2 Å². The summed E-state index contributed by atoms with van der Waals surface area (Å²) >= 11 is 0. The molecule has 0 saturated heterocycles. The minimum absolute atomic E-state index is 0.118. The molecular weight excluding hydrogens is 354 g/mol. The molecule has 1 amide bonds. The minimum atomic E-state index is -0.222. The summed E-state index contributed by atoms with van der Waals surface area (Å²) in [4.78, 5) is 23.2. The Morgan fingerprint density at radius 2 is 1.75 bits per heavy atom. The molecule has 0 heterocycles. The Balaban J connectivity index is 1.92. The summed E-state index contributed by atoms with van der Waals surface area (Å²) in [6.45, 7) is 8.49. The van der Waals surface area contributed by atoms with E-state index in [9.17, 15) is 9.59 Å². The van der Waals surface area contributed by atoms with Gasteiger partial charge in [0.15, 0.2) is 18.1 Å². The van der Waals surface area contributed by atoms with Gasteiger partial charge < -0.3 is 14.8 Å². The normalized spacial score (nSPS) is 11.8. The maximum atomic E-state index is 12.3. The molecule has 1 atom stereocenters. The van der Waals surface area contributed by atoms with Crippen molar-refractivity contribution in [1.82, 2.24) is 5.32 Å². The van der Waals surface area contributed by atoms with E-state index < -0.39 is 0 Å². The molecular formula is C23H29NO4. The lowest BCUT2D eigenvalue weighted by atomic mass is 10.00. The van der Waals surface area contributed by atoms with E-state index in [1.165, 1.54) is 5.56 Å². The number of carbonyl (C=O) groups is 2. The fraction of sp³-hybridized carbons (Fsp3) is 0.391. The number of aldehydes is 1. The van der Waals surface area contributed by atoms with Crippen molar-refractivity contribution in [3.63, 3.8) is 0 Å². The third-order valence-electron chi connectivity index (χ3n) is 4.26. The highest BCUT2D eigenvalue weighted by atomic mass is 16.5. The quantitative estimate of drug-likeness (QED) is 0.620. The summed E-state index contributed by atoms with van der Waals surface area (Å²) in [6, 6.07) is 13.1. The van der Waals surface area contributed by atoms with Crippen molar-refractivity contribution in [2.24, 2.45) is 5.92 Å². The van der Waals surface area contributed by atoms with Gasteiger partial charge in [-0.05, 0) is 55.5 Å². The number of amides is 1. The summed E-state index contributed by atoms with van der Waals surface area (Å²) < 4.78 is 11.1. The van der Waals surface area contributed by atoms with Crippen LogP contribution >= 0.6 is 0 Å². The van der Waals surface area contributed by atoms with Gasteiger partial charge in [-0.15, -0.1) is 0 Å². The molecule has 0 aliphatic rings. The number of carbonyl (C=O) groups excluding carboxylic acids is 2. The molecule has 0 spiro atoms. The molecule has 0 radical (unpaired) electrons. The van der Waals surface area contributed by atoms with Gasteiger partial charge in [-0.1, -0.05) is 38.1 Å². The van der Waals surface area contributed by atoms with E-state index in [4.69, 9.17) is 9.47 Å². The second-order valence-electron chi connectivity index (χ2n) is 7.17. The fourth-order valence-electron chi connectivity index (χ4n) is 2.91. The molecule has 0 unspecified atom stereocenters. The van der Waals surface area contributed by atoms with Crippen molar-refractivity contribution < 1.29 is 19.1 Å². The van der Waals surface area contributed by atoms with Gasteiger partial charge in [-0.2, -0.15) is 0 Å². The van der Waals surface area contributed by atoms with Crippen LogP contribution in [0.3, 0.4) is 0 Å². The first-order valence-corrected chi connectivity index (χ1v) is 9.66. The fourth-order valence-corrected chi connectivity index (χ4v) is 2.91. The molecule has 2 rings (SSSR count). The Kier molecular flexibility index (Phi) is 8.05. The van der Waals surface area contributed by atoms with Gasteiger partial charge >= 0.3 is 0 Å². The third-order valence-corrected chi connectivity index (χ3v) is 4.26. The lowest BCUT2D eigenvalue weighted by Crippen LogP contribution is -2.31. The van der Waals surface area contributed by atoms with Crippen LogP contribution in [0.1, 0.15) is 55.2 Å². The SMILES string of the molecule is CCOc1cc(C=O)ccc1OCC(=O)N[C@H](C)c1ccc(CC(C)C)cc1. The van der Waals surface area contributed by atoms with Crippen molar-refractivity contribution in [1.29, 1.82) is 0 Å². The van der Waals surface area contributed by atoms with Gasteiger partial charge in [-0.3, -0.25) is 9.59 Å². The molecule has 0 fully saturated rings. The number of hydrogen-bond acceptors (Lipinski definition) is 4. The maximum Gasteiger partial charge on any atom is 0.258 e. The summed E-state index contributed by atoms with van der Waals surface area (Å²) in [5.74, 6) is 1.28. The second-order valence-corrected chi connectivity index (χ2v) is 7.17. The van der Waals surface area contributed by atoms with Crippen LogP contribution in [-0.4, -0.2) is 25.4 Å². The zero-order chi connectivity index (χ0) is 20.5. The van der Waals surface area contributed by atoms with Crippen molar-refractivity contribution in [2.45, 2.75) is 40.2 Å². The zero-order valence-corrected chi connectivity index (χ0v) is 17.0. The number of hydrogen-bond donors (Lipinski definition) is 1. The van der Waals surface area contributed by atoms with Gasteiger partial charge in [-0.25, -0.2) is 0 Å². The molecule has 1 N–H and O–H groups in total. The van der Waals surface area contributed by atoms with Crippen LogP contribution in [-0.2, 0) is 11.2 Å². The van der Waals surface area contributed by atoms with Crippen LogP contribution < -0.4 is 14.8 Å². The first kappa shape index (κ1) is 21.5.